The standard InChI is InChI=1S/C22H21N3O3/c1-14(2)21(26)13-24-22(27)20-9-5-16-11-18(8-10-19(16)25-20)28-17-6-3-15(12-23)4-7-17/h3-11,14,21,26H,13H2,1-2H3,(H,24,27)/t21-/m1/s1. The highest BCUT2D eigenvalue weighted by atomic mass is 16.5. The first-order valence-corrected chi connectivity index (χ1v) is 9.01. The van der Waals surface area contributed by atoms with Crippen molar-refractivity contribution >= 4 is 16.8 Å². The van der Waals surface area contributed by atoms with E-state index >= 15 is 0 Å². The summed E-state index contributed by atoms with van der Waals surface area (Å²) in [6.45, 7) is 3.97. The Labute approximate surface area is 163 Å². The number of nitrogens with one attached hydrogen (secondary N) is 1. The maximum absolute atomic E-state index is 12.2. The summed E-state index contributed by atoms with van der Waals surface area (Å²) in [5, 5.41) is 22.2. The number of rotatable bonds is 6. The molecule has 1 heterocycles. The second-order valence-electron chi connectivity index (χ2n) is 6.81. The van der Waals surface area contributed by atoms with Gasteiger partial charge in [-0.3, -0.25) is 4.79 Å². The van der Waals surface area contributed by atoms with E-state index in [1.165, 1.54) is 0 Å². The third kappa shape index (κ3) is 4.64. The molecule has 0 aliphatic carbocycles. The fourth-order valence-corrected chi connectivity index (χ4v) is 2.55. The van der Waals surface area contributed by atoms with Crippen molar-refractivity contribution in [3.05, 3.63) is 65.9 Å². The molecule has 0 aliphatic rings. The highest BCUT2D eigenvalue weighted by Gasteiger charge is 2.13. The van der Waals surface area contributed by atoms with E-state index in [-0.39, 0.29) is 18.4 Å². The van der Waals surface area contributed by atoms with Gasteiger partial charge in [-0.05, 0) is 54.4 Å². The van der Waals surface area contributed by atoms with Gasteiger partial charge >= 0.3 is 0 Å². The lowest BCUT2D eigenvalue weighted by Crippen LogP contribution is -2.35. The molecule has 0 saturated heterocycles. The first-order valence-electron chi connectivity index (χ1n) is 9.01. The zero-order chi connectivity index (χ0) is 20.1. The van der Waals surface area contributed by atoms with Crippen LogP contribution in [0.1, 0.15) is 29.9 Å². The Kier molecular flexibility index (Phi) is 5.87. The highest BCUT2D eigenvalue weighted by molar-refractivity contribution is 5.95. The minimum atomic E-state index is -0.591. The molecule has 0 fully saturated rings. The third-order valence-corrected chi connectivity index (χ3v) is 4.35. The van der Waals surface area contributed by atoms with E-state index in [0.29, 0.717) is 28.3 Å². The van der Waals surface area contributed by atoms with E-state index in [1.807, 2.05) is 26.0 Å². The molecule has 6 heteroatoms. The largest absolute Gasteiger partial charge is 0.457 e. The second kappa shape index (κ2) is 8.51. The van der Waals surface area contributed by atoms with E-state index in [4.69, 9.17) is 10.00 Å². The van der Waals surface area contributed by atoms with Crippen molar-refractivity contribution in [3.63, 3.8) is 0 Å². The zero-order valence-corrected chi connectivity index (χ0v) is 15.7. The lowest BCUT2D eigenvalue weighted by atomic mass is 10.1. The van der Waals surface area contributed by atoms with Gasteiger partial charge in [0.05, 0.1) is 23.3 Å². The molecule has 0 aliphatic heterocycles. The van der Waals surface area contributed by atoms with Crippen LogP contribution in [0.4, 0.5) is 0 Å². The first kappa shape index (κ1) is 19.3. The number of amides is 1. The summed E-state index contributed by atoms with van der Waals surface area (Å²) in [6, 6.07) is 17.8. The predicted molar refractivity (Wildman–Crippen MR) is 106 cm³/mol. The number of aromatic nitrogens is 1. The molecule has 1 amide bonds. The van der Waals surface area contributed by atoms with E-state index in [9.17, 15) is 9.90 Å². The topological polar surface area (TPSA) is 95.2 Å². The van der Waals surface area contributed by atoms with Crippen LogP contribution in [0.5, 0.6) is 11.5 Å². The van der Waals surface area contributed by atoms with Crippen LogP contribution in [-0.2, 0) is 0 Å². The van der Waals surface area contributed by atoms with Crippen molar-refractivity contribution in [2.75, 3.05) is 6.54 Å². The molecule has 0 saturated carbocycles. The second-order valence-corrected chi connectivity index (χ2v) is 6.81. The Morgan fingerprint density at radius 3 is 2.54 bits per heavy atom. The number of aliphatic hydroxyl groups excluding tert-OH is 1. The lowest BCUT2D eigenvalue weighted by molar-refractivity contribution is 0.0867. The molecule has 142 valence electrons. The van der Waals surface area contributed by atoms with Gasteiger partial charge in [0.15, 0.2) is 0 Å². The number of hydrogen-bond acceptors (Lipinski definition) is 5. The van der Waals surface area contributed by atoms with Crippen LogP contribution in [0.2, 0.25) is 0 Å². The molecule has 3 aromatic rings. The molecule has 1 atom stereocenters. The summed E-state index contributed by atoms with van der Waals surface area (Å²) >= 11 is 0. The lowest BCUT2D eigenvalue weighted by Gasteiger charge is -2.15. The predicted octanol–water partition coefficient (Wildman–Crippen LogP) is 3.65. The van der Waals surface area contributed by atoms with Gasteiger partial charge in [-0.1, -0.05) is 19.9 Å². The molecule has 1 aromatic heterocycles. The number of nitrogens with zero attached hydrogens (tertiary/aromatic N) is 2. The Morgan fingerprint density at radius 1 is 1.14 bits per heavy atom. The summed E-state index contributed by atoms with van der Waals surface area (Å²) < 4.78 is 5.81. The number of carbonyl (C=O) groups excluding carboxylic acids is 1. The number of nitriles is 1. The summed E-state index contributed by atoms with van der Waals surface area (Å²) in [7, 11) is 0. The van der Waals surface area contributed by atoms with Crippen molar-refractivity contribution in [1.82, 2.24) is 10.3 Å². The average molecular weight is 375 g/mol. The number of pyridine rings is 1. The van der Waals surface area contributed by atoms with Crippen LogP contribution >= 0.6 is 0 Å². The summed E-state index contributed by atoms with van der Waals surface area (Å²) in [6.07, 6.45) is -0.591. The molecule has 0 spiro atoms. The SMILES string of the molecule is CC(C)[C@H](O)CNC(=O)c1ccc2cc(Oc3ccc(C#N)cc3)ccc2n1. The molecule has 0 radical (unpaired) electrons. The normalized spacial score (nSPS) is 11.8. The maximum atomic E-state index is 12.2. The van der Waals surface area contributed by atoms with Crippen molar-refractivity contribution in [2.45, 2.75) is 20.0 Å². The Hall–Kier alpha value is -3.43. The number of fused-ring (bicyclic) bond motifs is 1. The van der Waals surface area contributed by atoms with Crippen LogP contribution in [0, 0.1) is 17.2 Å². The van der Waals surface area contributed by atoms with Gasteiger partial charge < -0.3 is 15.2 Å². The zero-order valence-electron chi connectivity index (χ0n) is 15.7. The number of hydrogen-bond donors (Lipinski definition) is 2. The first-order chi connectivity index (χ1) is 13.5. The van der Waals surface area contributed by atoms with Gasteiger partial charge in [-0.25, -0.2) is 4.98 Å². The van der Waals surface area contributed by atoms with Crippen molar-refractivity contribution < 1.29 is 14.6 Å². The van der Waals surface area contributed by atoms with Crippen LogP contribution < -0.4 is 10.1 Å². The number of carbonyl (C=O) groups is 1. The van der Waals surface area contributed by atoms with Gasteiger partial charge in [0.25, 0.3) is 5.91 Å². The van der Waals surface area contributed by atoms with Crippen LogP contribution in [0.15, 0.2) is 54.6 Å². The Balaban J connectivity index is 1.72. The minimum absolute atomic E-state index is 0.0689. The monoisotopic (exact) mass is 375 g/mol. The molecular weight excluding hydrogens is 354 g/mol. The van der Waals surface area contributed by atoms with Gasteiger partial charge in [0.1, 0.15) is 17.2 Å². The van der Waals surface area contributed by atoms with Gasteiger partial charge in [0.2, 0.25) is 0 Å². The minimum Gasteiger partial charge on any atom is -0.457 e. The molecule has 0 bridgehead atoms. The van der Waals surface area contributed by atoms with E-state index in [2.05, 4.69) is 16.4 Å². The quantitative estimate of drug-likeness (QED) is 0.686. The molecule has 3 rings (SSSR count). The summed E-state index contributed by atoms with van der Waals surface area (Å²) in [5.41, 5.74) is 1.54. The van der Waals surface area contributed by atoms with Crippen LogP contribution in [0.25, 0.3) is 10.9 Å². The van der Waals surface area contributed by atoms with Crippen LogP contribution in [-0.4, -0.2) is 28.6 Å². The molecule has 0 unspecified atom stereocenters. The van der Waals surface area contributed by atoms with Gasteiger partial charge in [-0.2, -0.15) is 5.26 Å². The average Bonchev–Trinajstić information content (AvgIpc) is 2.71. The fraction of sp³-hybridized carbons (Fsp3) is 0.227. The molecule has 2 aromatic carbocycles. The highest BCUT2D eigenvalue weighted by Crippen LogP contribution is 2.25. The maximum Gasteiger partial charge on any atom is 0.269 e. The van der Waals surface area contributed by atoms with Crippen molar-refractivity contribution in [3.8, 4) is 17.6 Å². The van der Waals surface area contributed by atoms with Crippen molar-refractivity contribution in [1.29, 1.82) is 5.26 Å². The Morgan fingerprint density at radius 2 is 1.86 bits per heavy atom. The van der Waals surface area contributed by atoms with Crippen molar-refractivity contribution in [2.24, 2.45) is 5.92 Å². The molecular formula is C22H21N3O3. The smallest absolute Gasteiger partial charge is 0.269 e. The Bertz CT molecular complexity index is 1020. The van der Waals surface area contributed by atoms with Gasteiger partial charge in [-0.15, -0.1) is 0 Å². The molecule has 2 N–H and O–H groups in total. The van der Waals surface area contributed by atoms with E-state index in [1.54, 1.807) is 42.5 Å². The fourth-order valence-electron chi connectivity index (χ4n) is 2.55. The number of benzene rings is 2. The van der Waals surface area contributed by atoms with Crippen LogP contribution in [0.3, 0.4) is 0 Å². The van der Waals surface area contributed by atoms with E-state index in [0.717, 1.165) is 5.39 Å². The number of aliphatic hydroxyl groups is 1. The summed E-state index contributed by atoms with van der Waals surface area (Å²) in [4.78, 5) is 16.6. The van der Waals surface area contributed by atoms with E-state index < -0.39 is 6.10 Å². The number of ether oxygens (including phenoxy) is 1. The molecule has 6 nitrogen and oxygen atoms in total. The third-order valence-electron chi connectivity index (χ3n) is 4.35. The van der Waals surface area contributed by atoms with Gasteiger partial charge in [0, 0.05) is 11.9 Å². The molecule has 28 heavy (non-hydrogen) atoms. The summed E-state index contributed by atoms with van der Waals surface area (Å²) in [5.74, 6) is 1.01.